The molecular weight excluding hydrogens is 393 g/mol. The average Bonchev–Trinajstić information content (AvgIpc) is 3.25. The predicted molar refractivity (Wildman–Crippen MR) is 108 cm³/mol. The zero-order chi connectivity index (χ0) is 20.4. The number of para-hydroxylation sites is 1. The lowest BCUT2D eigenvalue weighted by Gasteiger charge is -2.32. The number of rotatable bonds is 4. The number of pyridine rings is 1. The van der Waals surface area contributed by atoms with E-state index >= 15 is 0 Å². The summed E-state index contributed by atoms with van der Waals surface area (Å²) in [5.41, 5.74) is 2.45. The molecule has 0 saturated carbocycles. The van der Waals surface area contributed by atoms with Crippen molar-refractivity contribution >= 4 is 17.2 Å². The van der Waals surface area contributed by atoms with Crippen LogP contribution in [0.1, 0.15) is 27.0 Å². The van der Waals surface area contributed by atoms with Gasteiger partial charge in [-0.2, -0.15) is 4.39 Å². The molecule has 1 unspecified atom stereocenters. The van der Waals surface area contributed by atoms with Crippen molar-refractivity contribution in [3.05, 3.63) is 64.0 Å². The summed E-state index contributed by atoms with van der Waals surface area (Å²) in [5.74, 6) is 0.00774. The number of amides is 1. The molecule has 3 heterocycles. The van der Waals surface area contributed by atoms with Crippen molar-refractivity contribution in [1.29, 1.82) is 0 Å². The van der Waals surface area contributed by atoms with Crippen LogP contribution in [0, 0.1) is 12.9 Å². The molecule has 1 aliphatic heterocycles. The highest BCUT2D eigenvalue weighted by atomic mass is 32.1. The summed E-state index contributed by atoms with van der Waals surface area (Å²) in [6.07, 6.45) is 0.967. The number of ether oxygens (including phenoxy) is 2. The zero-order valence-electron chi connectivity index (χ0n) is 16.1. The first-order valence-corrected chi connectivity index (χ1v) is 10.1. The normalized spacial score (nSPS) is 16.7. The average molecular weight is 413 g/mol. The zero-order valence-corrected chi connectivity index (χ0v) is 16.9. The van der Waals surface area contributed by atoms with Crippen LogP contribution in [0.4, 0.5) is 4.39 Å². The van der Waals surface area contributed by atoms with Crippen molar-refractivity contribution < 1.29 is 18.7 Å². The van der Waals surface area contributed by atoms with Gasteiger partial charge in [0.1, 0.15) is 16.9 Å². The van der Waals surface area contributed by atoms with Gasteiger partial charge in [0.25, 0.3) is 5.91 Å². The Morgan fingerprint density at radius 3 is 3.00 bits per heavy atom. The van der Waals surface area contributed by atoms with Gasteiger partial charge in [-0.15, -0.1) is 11.3 Å². The molecule has 0 N–H and O–H groups in total. The predicted octanol–water partition coefficient (Wildman–Crippen LogP) is 3.87. The van der Waals surface area contributed by atoms with Crippen molar-refractivity contribution in [2.24, 2.45) is 0 Å². The molecule has 4 rings (SSSR count). The van der Waals surface area contributed by atoms with Crippen molar-refractivity contribution in [2.45, 2.75) is 13.0 Å². The Morgan fingerprint density at radius 2 is 2.21 bits per heavy atom. The Kier molecular flexibility index (Phi) is 5.55. The molecule has 0 bridgehead atoms. The van der Waals surface area contributed by atoms with Crippen LogP contribution >= 0.6 is 11.3 Å². The second-order valence-electron chi connectivity index (χ2n) is 6.71. The Balaban J connectivity index is 1.52. The second kappa shape index (κ2) is 8.26. The minimum atomic E-state index is -0.562. The number of benzene rings is 1. The molecule has 1 aromatic carbocycles. The number of carbonyl (C=O) groups excluding carboxylic acids is 1. The van der Waals surface area contributed by atoms with Gasteiger partial charge >= 0.3 is 0 Å². The third-order valence-electron chi connectivity index (χ3n) is 4.80. The maximum absolute atomic E-state index is 13.4. The SMILES string of the molecule is COc1ccccc1-c1csc(C2CN(C(=O)c3cnc(F)c(C)c3)CCO2)n1. The lowest BCUT2D eigenvalue weighted by atomic mass is 10.1. The number of hydrogen-bond donors (Lipinski definition) is 0. The molecule has 1 fully saturated rings. The van der Waals surface area contributed by atoms with Crippen LogP contribution < -0.4 is 4.74 Å². The Bertz CT molecular complexity index is 1040. The van der Waals surface area contributed by atoms with E-state index in [4.69, 9.17) is 14.5 Å². The number of hydrogen-bond acceptors (Lipinski definition) is 6. The number of aryl methyl sites for hydroxylation is 1. The standard InChI is InChI=1S/C21H20FN3O3S/c1-13-9-14(10-23-19(13)22)21(26)25-7-8-28-18(11-25)20-24-16(12-29-20)15-5-3-4-6-17(15)27-2/h3-6,9-10,12,18H,7-8,11H2,1-2H3. The fourth-order valence-corrected chi connectivity index (χ4v) is 4.11. The summed E-state index contributed by atoms with van der Waals surface area (Å²) < 4.78 is 24.7. The molecule has 6 nitrogen and oxygen atoms in total. The minimum Gasteiger partial charge on any atom is -0.496 e. The Labute approximate surface area is 171 Å². The smallest absolute Gasteiger partial charge is 0.255 e. The molecule has 3 aromatic rings. The Hall–Kier alpha value is -2.84. The summed E-state index contributed by atoms with van der Waals surface area (Å²) in [7, 11) is 1.63. The number of halogens is 1. The van der Waals surface area contributed by atoms with Crippen molar-refractivity contribution in [2.75, 3.05) is 26.8 Å². The first-order chi connectivity index (χ1) is 14.1. The van der Waals surface area contributed by atoms with Gasteiger partial charge in [0.05, 0.1) is 31.5 Å². The number of methoxy groups -OCH3 is 1. The number of nitrogens with zero attached hydrogens (tertiary/aromatic N) is 3. The molecule has 1 aliphatic rings. The van der Waals surface area contributed by atoms with E-state index < -0.39 is 5.95 Å². The van der Waals surface area contributed by atoms with Crippen molar-refractivity contribution in [3.63, 3.8) is 0 Å². The van der Waals surface area contributed by atoms with Gasteiger partial charge in [-0.05, 0) is 25.1 Å². The van der Waals surface area contributed by atoms with Crippen LogP contribution in [0.2, 0.25) is 0 Å². The fourth-order valence-electron chi connectivity index (χ4n) is 3.26. The van der Waals surface area contributed by atoms with Crippen LogP contribution in [-0.2, 0) is 4.74 Å². The molecule has 1 saturated heterocycles. The van der Waals surface area contributed by atoms with E-state index in [1.165, 1.54) is 23.6 Å². The van der Waals surface area contributed by atoms with E-state index in [0.717, 1.165) is 22.0 Å². The summed E-state index contributed by atoms with van der Waals surface area (Å²) in [6, 6.07) is 9.23. The van der Waals surface area contributed by atoms with Crippen LogP contribution in [0.15, 0.2) is 41.9 Å². The first kappa shape index (κ1) is 19.5. The lowest BCUT2D eigenvalue weighted by molar-refractivity contribution is -0.0228. The van der Waals surface area contributed by atoms with Crippen LogP contribution in [0.5, 0.6) is 5.75 Å². The molecule has 2 aromatic heterocycles. The highest BCUT2D eigenvalue weighted by Gasteiger charge is 2.28. The van der Waals surface area contributed by atoms with Gasteiger partial charge < -0.3 is 14.4 Å². The second-order valence-corrected chi connectivity index (χ2v) is 7.60. The van der Waals surface area contributed by atoms with E-state index in [1.807, 2.05) is 29.6 Å². The van der Waals surface area contributed by atoms with Crippen molar-refractivity contribution in [3.8, 4) is 17.0 Å². The first-order valence-electron chi connectivity index (χ1n) is 9.18. The topological polar surface area (TPSA) is 64.5 Å². The highest BCUT2D eigenvalue weighted by Crippen LogP contribution is 2.33. The van der Waals surface area contributed by atoms with Crippen LogP contribution in [0.25, 0.3) is 11.3 Å². The van der Waals surface area contributed by atoms with Gasteiger partial charge in [-0.1, -0.05) is 12.1 Å². The van der Waals surface area contributed by atoms with E-state index in [1.54, 1.807) is 18.9 Å². The largest absolute Gasteiger partial charge is 0.496 e. The van der Waals surface area contributed by atoms with Gasteiger partial charge in [-0.25, -0.2) is 9.97 Å². The number of carbonyl (C=O) groups is 1. The summed E-state index contributed by atoms with van der Waals surface area (Å²) in [4.78, 5) is 22.9. The maximum Gasteiger partial charge on any atom is 0.255 e. The molecule has 0 spiro atoms. The summed E-state index contributed by atoms with van der Waals surface area (Å²) in [5, 5.41) is 2.77. The van der Waals surface area contributed by atoms with Crippen molar-refractivity contribution in [1.82, 2.24) is 14.9 Å². The van der Waals surface area contributed by atoms with Gasteiger partial charge in [0, 0.05) is 29.2 Å². The van der Waals surface area contributed by atoms with E-state index in [0.29, 0.717) is 30.8 Å². The monoisotopic (exact) mass is 413 g/mol. The number of aromatic nitrogens is 2. The molecule has 0 aliphatic carbocycles. The molecule has 29 heavy (non-hydrogen) atoms. The van der Waals surface area contributed by atoms with Gasteiger partial charge in [0.15, 0.2) is 0 Å². The molecular formula is C21H20FN3O3S. The fraction of sp³-hybridized carbons (Fsp3) is 0.286. The summed E-state index contributed by atoms with van der Waals surface area (Å²) >= 11 is 1.49. The highest BCUT2D eigenvalue weighted by molar-refractivity contribution is 7.10. The Morgan fingerprint density at radius 1 is 1.38 bits per heavy atom. The third kappa shape index (κ3) is 3.99. The lowest BCUT2D eigenvalue weighted by Crippen LogP contribution is -2.42. The number of morpholine rings is 1. The third-order valence-corrected chi connectivity index (χ3v) is 5.73. The van der Waals surface area contributed by atoms with Gasteiger partial charge in [0.2, 0.25) is 5.95 Å². The quantitative estimate of drug-likeness (QED) is 0.608. The van der Waals surface area contributed by atoms with E-state index in [2.05, 4.69) is 4.98 Å². The van der Waals surface area contributed by atoms with Crippen LogP contribution in [-0.4, -0.2) is 47.6 Å². The molecule has 150 valence electrons. The van der Waals surface area contributed by atoms with Gasteiger partial charge in [-0.3, -0.25) is 4.79 Å². The van der Waals surface area contributed by atoms with E-state index in [-0.39, 0.29) is 12.0 Å². The summed E-state index contributed by atoms with van der Waals surface area (Å²) in [6.45, 7) is 2.86. The number of thiazole rings is 1. The molecule has 1 amide bonds. The van der Waals surface area contributed by atoms with E-state index in [9.17, 15) is 9.18 Å². The van der Waals surface area contributed by atoms with Crippen LogP contribution in [0.3, 0.4) is 0 Å². The molecule has 0 radical (unpaired) electrons. The molecule has 8 heteroatoms. The molecule has 1 atom stereocenters. The maximum atomic E-state index is 13.4. The minimum absolute atomic E-state index is 0.185.